The molecule has 0 unspecified atom stereocenters. The van der Waals surface area contributed by atoms with E-state index in [2.05, 4.69) is 184 Å². The van der Waals surface area contributed by atoms with Crippen molar-refractivity contribution in [1.82, 2.24) is 0 Å². The molecule has 0 nitrogen and oxygen atoms in total. The molecule has 9 aromatic carbocycles. The van der Waals surface area contributed by atoms with Crippen LogP contribution in [-0.4, -0.2) is 0 Å². The SMILES string of the molecule is CC1(C)c2ccccc2-c2c1ccc1c2sc2cc(-c3ccc(-c4c5ccccc5c(-c5cccc6ccccc56)c5ccccc45)cc3)ccc21. The molecule has 244 valence electrons. The molecule has 52 heavy (non-hydrogen) atoms. The standard InChI is InChI=1S/C51H34S/c1-51(2)44-21-10-9-19-43(44)49-45(51)29-28-42-36-27-26-34(30-46(36)52-50(42)49)31-22-24-33(25-23-31)47-38-15-5-7-17-40(38)48(41-18-8-6-16-39(41)47)37-20-11-13-32-12-3-4-14-35(32)37/h3-30H,1-2H3. The Morgan fingerprint density at radius 3 is 1.67 bits per heavy atom. The summed E-state index contributed by atoms with van der Waals surface area (Å²) in [6, 6.07) is 63.3. The maximum atomic E-state index is 2.40. The van der Waals surface area contributed by atoms with Crippen LogP contribution in [0.3, 0.4) is 0 Å². The van der Waals surface area contributed by atoms with Crippen molar-refractivity contribution in [3.8, 4) is 44.5 Å². The monoisotopic (exact) mass is 678 g/mol. The van der Waals surface area contributed by atoms with E-state index in [0.29, 0.717) is 0 Å². The van der Waals surface area contributed by atoms with Gasteiger partial charge < -0.3 is 0 Å². The van der Waals surface area contributed by atoms with Crippen molar-refractivity contribution >= 4 is 63.8 Å². The van der Waals surface area contributed by atoms with Gasteiger partial charge in [0, 0.05) is 31.2 Å². The van der Waals surface area contributed by atoms with Gasteiger partial charge in [-0.1, -0.05) is 178 Å². The molecule has 11 rings (SSSR count). The van der Waals surface area contributed by atoms with Gasteiger partial charge in [0.05, 0.1) is 0 Å². The highest BCUT2D eigenvalue weighted by Crippen LogP contribution is 2.54. The van der Waals surface area contributed by atoms with Gasteiger partial charge >= 0.3 is 0 Å². The van der Waals surface area contributed by atoms with Crippen LogP contribution in [0.25, 0.3) is 97.0 Å². The smallest absolute Gasteiger partial charge is 0.0437 e. The minimum Gasteiger partial charge on any atom is -0.134 e. The van der Waals surface area contributed by atoms with E-state index in [0.717, 1.165) is 0 Å². The van der Waals surface area contributed by atoms with Gasteiger partial charge in [-0.05, 0) is 88.5 Å². The highest BCUT2D eigenvalue weighted by molar-refractivity contribution is 7.26. The van der Waals surface area contributed by atoms with E-state index in [1.54, 1.807) is 0 Å². The zero-order valence-corrected chi connectivity index (χ0v) is 29.9. The first-order valence-electron chi connectivity index (χ1n) is 18.2. The Hall–Kier alpha value is -6.02. The fourth-order valence-corrected chi connectivity index (χ4v) is 10.5. The van der Waals surface area contributed by atoms with E-state index >= 15 is 0 Å². The summed E-state index contributed by atoms with van der Waals surface area (Å²) < 4.78 is 2.75. The largest absolute Gasteiger partial charge is 0.134 e. The van der Waals surface area contributed by atoms with Crippen molar-refractivity contribution in [2.24, 2.45) is 0 Å². The lowest BCUT2D eigenvalue weighted by Crippen LogP contribution is -2.14. The number of hydrogen-bond donors (Lipinski definition) is 0. The van der Waals surface area contributed by atoms with Gasteiger partial charge in [-0.2, -0.15) is 0 Å². The molecule has 0 atom stereocenters. The van der Waals surface area contributed by atoms with Gasteiger partial charge in [-0.25, -0.2) is 0 Å². The first-order valence-corrected chi connectivity index (χ1v) is 19.0. The summed E-state index contributed by atoms with van der Waals surface area (Å²) in [6.07, 6.45) is 0. The second-order valence-electron chi connectivity index (χ2n) is 14.8. The number of hydrogen-bond acceptors (Lipinski definition) is 1. The minimum atomic E-state index is 0.0100. The average Bonchev–Trinajstić information content (AvgIpc) is 3.68. The molecule has 10 aromatic rings. The predicted octanol–water partition coefficient (Wildman–Crippen LogP) is 14.8. The average molecular weight is 679 g/mol. The predicted molar refractivity (Wildman–Crippen MR) is 226 cm³/mol. The first-order chi connectivity index (χ1) is 25.6. The van der Waals surface area contributed by atoms with Gasteiger partial charge in [-0.15, -0.1) is 11.3 Å². The van der Waals surface area contributed by atoms with Crippen molar-refractivity contribution in [3.05, 3.63) is 181 Å². The van der Waals surface area contributed by atoms with Gasteiger partial charge in [0.2, 0.25) is 0 Å². The molecule has 0 spiro atoms. The molecule has 0 fully saturated rings. The molecule has 0 aliphatic heterocycles. The van der Waals surface area contributed by atoms with Crippen LogP contribution >= 0.6 is 11.3 Å². The van der Waals surface area contributed by atoms with Crippen LogP contribution in [0.15, 0.2) is 170 Å². The Bertz CT molecular complexity index is 3020. The second-order valence-corrected chi connectivity index (χ2v) is 15.8. The zero-order chi connectivity index (χ0) is 34.6. The molecule has 1 aromatic heterocycles. The summed E-state index contributed by atoms with van der Waals surface area (Å²) >= 11 is 1.94. The van der Waals surface area contributed by atoms with Crippen molar-refractivity contribution in [2.75, 3.05) is 0 Å². The van der Waals surface area contributed by atoms with Crippen LogP contribution in [0.2, 0.25) is 0 Å². The summed E-state index contributed by atoms with van der Waals surface area (Å²) in [4.78, 5) is 0. The summed E-state index contributed by atoms with van der Waals surface area (Å²) in [5.74, 6) is 0. The summed E-state index contributed by atoms with van der Waals surface area (Å²) in [5.41, 5.74) is 13.3. The molecule has 1 aliphatic carbocycles. The van der Waals surface area contributed by atoms with Crippen LogP contribution in [0.4, 0.5) is 0 Å². The highest BCUT2D eigenvalue weighted by Gasteiger charge is 2.36. The molecule has 0 radical (unpaired) electrons. The van der Waals surface area contributed by atoms with E-state index in [1.165, 1.54) is 108 Å². The third kappa shape index (κ3) is 4.15. The molecule has 0 bridgehead atoms. The van der Waals surface area contributed by atoms with E-state index in [1.807, 2.05) is 11.3 Å². The maximum absolute atomic E-state index is 2.40. The van der Waals surface area contributed by atoms with E-state index in [9.17, 15) is 0 Å². The Morgan fingerprint density at radius 1 is 0.365 bits per heavy atom. The van der Waals surface area contributed by atoms with E-state index in [-0.39, 0.29) is 5.41 Å². The lowest BCUT2D eigenvalue weighted by Gasteiger charge is -2.21. The fourth-order valence-electron chi connectivity index (χ4n) is 9.20. The van der Waals surface area contributed by atoms with Crippen molar-refractivity contribution < 1.29 is 0 Å². The molecule has 0 amide bonds. The molecule has 1 aliphatic rings. The second kappa shape index (κ2) is 11.0. The maximum Gasteiger partial charge on any atom is 0.0437 e. The third-order valence-electron chi connectivity index (χ3n) is 11.7. The van der Waals surface area contributed by atoms with Gasteiger partial charge in [-0.3, -0.25) is 0 Å². The lowest BCUT2D eigenvalue weighted by atomic mass is 9.82. The van der Waals surface area contributed by atoms with Crippen LogP contribution < -0.4 is 0 Å². The highest BCUT2D eigenvalue weighted by atomic mass is 32.1. The molecule has 0 N–H and O–H groups in total. The van der Waals surface area contributed by atoms with Crippen LogP contribution in [0.5, 0.6) is 0 Å². The molecular weight excluding hydrogens is 645 g/mol. The molecule has 0 saturated carbocycles. The number of benzene rings is 9. The Kier molecular flexibility index (Phi) is 6.27. The van der Waals surface area contributed by atoms with Crippen LogP contribution in [0, 0.1) is 0 Å². The Labute approximate surface area is 307 Å². The molecule has 0 saturated heterocycles. The van der Waals surface area contributed by atoms with Gasteiger partial charge in [0.15, 0.2) is 0 Å². The molecule has 1 heterocycles. The third-order valence-corrected chi connectivity index (χ3v) is 12.9. The quantitative estimate of drug-likeness (QED) is 0.163. The van der Waals surface area contributed by atoms with Gasteiger partial charge in [0.1, 0.15) is 0 Å². The van der Waals surface area contributed by atoms with Crippen LogP contribution in [0.1, 0.15) is 25.0 Å². The topological polar surface area (TPSA) is 0 Å². The molecular formula is C51H34S. The van der Waals surface area contributed by atoms with Crippen molar-refractivity contribution in [3.63, 3.8) is 0 Å². The van der Waals surface area contributed by atoms with Crippen LogP contribution in [-0.2, 0) is 5.41 Å². The number of thiophene rings is 1. The number of fused-ring (bicyclic) bond motifs is 10. The van der Waals surface area contributed by atoms with Crippen molar-refractivity contribution in [1.29, 1.82) is 0 Å². The minimum absolute atomic E-state index is 0.0100. The molecule has 1 heteroatoms. The summed E-state index contributed by atoms with van der Waals surface area (Å²) in [7, 11) is 0. The Balaban J connectivity index is 1.05. The van der Waals surface area contributed by atoms with Gasteiger partial charge in [0.25, 0.3) is 0 Å². The lowest BCUT2D eigenvalue weighted by molar-refractivity contribution is 0.661. The van der Waals surface area contributed by atoms with E-state index in [4.69, 9.17) is 0 Å². The van der Waals surface area contributed by atoms with E-state index < -0.39 is 0 Å². The zero-order valence-electron chi connectivity index (χ0n) is 29.1. The first kappa shape index (κ1) is 29.7. The normalized spacial score (nSPS) is 13.3. The summed E-state index contributed by atoms with van der Waals surface area (Å²) in [5, 5.41) is 10.4. The fraction of sp³-hybridized carbons (Fsp3) is 0.0588. The van der Waals surface area contributed by atoms with Crippen molar-refractivity contribution in [2.45, 2.75) is 19.3 Å². The summed E-state index contributed by atoms with van der Waals surface area (Å²) in [6.45, 7) is 4.73. The Morgan fingerprint density at radius 2 is 0.923 bits per heavy atom. The number of rotatable bonds is 3.